The summed E-state index contributed by atoms with van der Waals surface area (Å²) in [6.45, 7) is 0. The zero-order chi connectivity index (χ0) is 15.1. The Kier molecular flexibility index (Phi) is 6.43. The van der Waals surface area contributed by atoms with Crippen molar-refractivity contribution in [2.45, 2.75) is 17.4 Å². The molecular formula is C17H20ClNOS. The van der Waals surface area contributed by atoms with Crippen molar-refractivity contribution in [1.82, 2.24) is 5.32 Å². The minimum atomic E-state index is 0.363. The highest BCUT2D eigenvalue weighted by Gasteiger charge is 2.12. The summed E-state index contributed by atoms with van der Waals surface area (Å²) < 4.78 is 5.42. The second-order valence-corrected chi connectivity index (χ2v) is 6.21. The molecule has 0 radical (unpaired) electrons. The summed E-state index contributed by atoms with van der Waals surface area (Å²) in [5.41, 5.74) is 1.22. The molecule has 0 heterocycles. The third-order valence-electron chi connectivity index (χ3n) is 3.34. The van der Waals surface area contributed by atoms with Crippen LogP contribution >= 0.6 is 23.4 Å². The van der Waals surface area contributed by atoms with Crippen LogP contribution in [0.5, 0.6) is 5.75 Å². The highest BCUT2D eigenvalue weighted by atomic mass is 35.5. The molecule has 0 amide bonds. The van der Waals surface area contributed by atoms with Gasteiger partial charge < -0.3 is 10.1 Å². The number of thioether (sulfide) groups is 1. The predicted octanol–water partition coefficient (Wildman–Crippen LogP) is 4.27. The van der Waals surface area contributed by atoms with Crippen molar-refractivity contribution in [2.24, 2.45) is 0 Å². The third-order valence-corrected chi connectivity index (χ3v) is 5.02. The van der Waals surface area contributed by atoms with Gasteiger partial charge in [0.1, 0.15) is 5.75 Å². The minimum Gasteiger partial charge on any atom is -0.496 e. The van der Waals surface area contributed by atoms with Gasteiger partial charge in [0.25, 0.3) is 0 Å². The number of benzene rings is 2. The Labute approximate surface area is 135 Å². The van der Waals surface area contributed by atoms with E-state index in [1.807, 2.05) is 43.4 Å². The van der Waals surface area contributed by atoms with Crippen LogP contribution in [0.3, 0.4) is 0 Å². The standard InChI is InChI=1S/C17H20ClNOS/c1-19-14(11-13-7-3-5-9-16(13)20-2)12-21-17-10-6-4-8-15(17)18/h3-10,14,19H,11-12H2,1-2H3. The van der Waals surface area contributed by atoms with Crippen LogP contribution in [0.4, 0.5) is 0 Å². The van der Waals surface area contributed by atoms with E-state index in [0.717, 1.165) is 27.8 Å². The Hall–Kier alpha value is -1.16. The molecular weight excluding hydrogens is 302 g/mol. The van der Waals surface area contributed by atoms with Crippen LogP contribution in [0.25, 0.3) is 0 Å². The van der Waals surface area contributed by atoms with Gasteiger partial charge in [0, 0.05) is 16.7 Å². The van der Waals surface area contributed by atoms with E-state index in [0.29, 0.717) is 6.04 Å². The molecule has 0 aliphatic carbocycles. The number of methoxy groups -OCH3 is 1. The zero-order valence-electron chi connectivity index (χ0n) is 12.3. The summed E-state index contributed by atoms with van der Waals surface area (Å²) in [6, 6.07) is 16.5. The fourth-order valence-corrected chi connectivity index (χ4v) is 3.48. The largest absolute Gasteiger partial charge is 0.496 e. The van der Waals surface area contributed by atoms with E-state index in [1.54, 1.807) is 18.9 Å². The summed E-state index contributed by atoms with van der Waals surface area (Å²) >= 11 is 7.97. The van der Waals surface area contributed by atoms with Gasteiger partial charge in [0.15, 0.2) is 0 Å². The molecule has 2 nitrogen and oxygen atoms in total. The maximum absolute atomic E-state index is 6.20. The van der Waals surface area contributed by atoms with Crippen LogP contribution < -0.4 is 10.1 Å². The molecule has 2 aromatic carbocycles. The number of para-hydroxylation sites is 1. The Morgan fingerprint density at radius 1 is 1.14 bits per heavy atom. The predicted molar refractivity (Wildman–Crippen MR) is 91.7 cm³/mol. The Morgan fingerprint density at radius 2 is 1.86 bits per heavy atom. The fraction of sp³-hybridized carbons (Fsp3) is 0.294. The summed E-state index contributed by atoms with van der Waals surface area (Å²) in [4.78, 5) is 1.12. The van der Waals surface area contributed by atoms with Crippen molar-refractivity contribution in [1.29, 1.82) is 0 Å². The van der Waals surface area contributed by atoms with Gasteiger partial charge in [-0.1, -0.05) is 41.9 Å². The van der Waals surface area contributed by atoms with Crippen molar-refractivity contribution >= 4 is 23.4 Å². The molecule has 112 valence electrons. The maximum atomic E-state index is 6.20. The highest BCUT2D eigenvalue weighted by Crippen LogP contribution is 2.28. The molecule has 0 bridgehead atoms. The summed E-state index contributed by atoms with van der Waals surface area (Å²) in [6.07, 6.45) is 0.929. The van der Waals surface area contributed by atoms with E-state index in [9.17, 15) is 0 Å². The monoisotopic (exact) mass is 321 g/mol. The Balaban J connectivity index is 1.99. The number of nitrogens with one attached hydrogen (secondary N) is 1. The molecule has 0 saturated carbocycles. The van der Waals surface area contributed by atoms with E-state index in [2.05, 4.69) is 17.4 Å². The van der Waals surface area contributed by atoms with Gasteiger partial charge in [-0.05, 0) is 37.2 Å². The quantitative estimate of drug-likeness (QED) is 0.769. The van der Waals surface area contributed by atoms with Crippen LogP contribution in [0, 0.1) is 0 Å². The van der Waals surface area contributed by atoms with Crippen LogP contribution in [0.15, 0.2) is 53.4 Å². The normalized spacial score (nSPS) is 12.1. The molecule has 1 N–H and O–H groups in total. The van der Waals surface area contributed by atoms with Gasteiger partial charge in [0.2, 0.25) is 0 Å². The van der Waals surface area contributed by atoms with Crippen molar-refractivity contribution in [2.75, 3.05) is 19.9 Å². The number of hydrogen-bond donors (Lipinski definition) is 1. The van der Waals surface area contributed by atoms with Crippen LogP contribution in [-0.4, -0.2) is 26.0 Å². The average molecular weight is 322 g/mol. The number of halogens is 1. The summed E-state index contributed by atoms with van der Waals surface area (Å²) in [7, 11) is 3.71. The minimum absolute atomic E-state index is 0.363. The molecule has 2 rings (SSSR count). The second kappa shape index (κ2) is 8.32. The smallest absolute Gasteiger partial charge is 0.122 e. The van der Waals surface area contributed by atoms with E-state index in [1.165, 1.54) is 5.56 Å². The molecule has 0 aromatic heterocycles. The van der Waals surface area contributed by atoms with Gasteiger partial charge >= 0.3 is 0 Å². The van der Waals surface area contributed by atoms with E-state index in [-0.39, 0.29) is 0 Å². The first kappa shape index (κ1) is 16.2. The third kappa shape index (κ3) is 4.67. The van der Waals surface area contributed by atoms with Gasteiger partial charge in [-0.25, -0.2) is 0 Å². The lowest BCUT2D eigenvalue weighted by Gasteiger charge is -2.18. The molecule has 1 atom stereocenters. The van der Waals surface area contributed by atoms with Gasteiger partial charge in [-0.3, -0.25) is 0 Å². The lowest BCUT2D eigenvalue weighted by atomic mass is 10.1. The van der Waals surface area contributed by atoms with Crippen molar-refractivity contribution in [3.8, 4) is 5.75 Å². The highest BCUT2D eigenvalue weighted by molar-refractivity contribution is 7.99. The number of hydrogen-bond acceptors (Lipinski definition) is 3. The molecule has 0 aliphatic rings. The zero-order valence-corrected chi connectivity index (χ0v) is 13.9. The lowest BCUT2D eigenvalue weighted by Crippen LogP contribution is -2.30. The topological polar surface area (TPSA) is 21.3 Å². The first-order chi connectivity index (χ1) is 10.2. The summed E-state index contributed by atoms with van der Waals surface area (Å²) in [5, 5.41) is 4.19. The summed E-state index contributed by atoms with van der Waals surface area (Å²) in [5.74, 6) is 1.90. The molecule has 0 aliphatic heterocycles. The number of likely N-dealkylation sites (N-methyl/N-ethyl adjacent to an activating group) is 1. The first-order valence-electron chi connectivity index (χ1n) is 6.91. The van der Waals surface area contributed by atoms with E-state index in [4.69, 9.17) is 16.3 Å². The molecule has 21 heavy (non-hydrogen) atoms. The fourth-order valence-electron chi connectivity index (χ4n) is 2.13. The van der Waals surface area contributed by atoms with Crippen LogP contribution in [-0.2, 0) is 6.42 Å². The van der Waals surface area contributed by atoms with Crippen molar-refractivity contribution in [3.05, 3.63) is 59.1 Å². The Morgan fingerprint density at radius 3 is 2.57 bits per heavy atom. The molecule has 2 aromatic rings. The van der Waals surface area contributed by atoms with E-state index >= 15 is 0 Å². The SMILES string of the molecule is CNC(CSc1ccccc1Cl)Cc1ccccc1OC. The molecule has 0 spiro atoms. The van der Waals surface area contributed by atoms with Gasteiger partial charge in [0.05, 0.1) is 12.1 Å². The van der Waals surface area contributed by atoms with Crippen LogP contribution in [0.2, 0.25) is 5.02 Å². The van der Waals surface area contributed by atoms with Gasteiger partial charge in [-0.2, -0.15) is 0 Å². The van der Waals surface area contributed by atoms with Gasteiger partial charge in [-0.15, -0.1) is 11.8 Å². The number of rotatable bonds is 7. The molecule has 0 saturated heterocycles. The number of ether oxygens (including phenoxy) is 1. The lowest BCUT2D eigenvalue weighted by molar-refractivity contribution is 0.407. The average Bonchev–Trinajstić information content (AvgIpc) is 2.53. The van der Waals surface area contributed by atoms with Crippen molar-refractivity contribution in [3.63, 3.8) is 0 Å². The molecule has 0 fully saturated rings. The first-order valence-corrected chi connectivity index (χ1v) is 8.27. The Bertz CT molecular complexity index is 576. The van der Waals surface area contributed by atoms with Crippen molar-refractivity contribution < 1.29 is 4.74 Å². The molecule has 4 heteroatoms. The van der Waals surface area contributed by atoms with Crippen LogP contribution in [0.1, 0.15) is 5.56 Å². The molecule has 1 unspecified atom stereocenters. The maximum Gasteiger partial charge on any atom is 0.122 e. The van der Waals surface area contributed by atoms with E-state index < -0.39 is 0 Å². The second-order valence-electron chi connectivity index (χ2n) is 4.74.